The molecule has 0 radical (unpaired) electrons. The molecule has 2 nitrogen and oxygen atoms in total. The summed E-state index contributed by atoms with van der Waals surface area (Å²) < 4.78 is 0. The van der Waals surface area contributed by atoms with Gasteiger partial charge in [0.15, 0.2) is 0 Å². The van der Waals surface area contributed by atoms with E-state index in [2.05, 4.69) is 60.9 Å². The highest BCUT2D eigenvalue weighted by Gasteiger charge is 2.29. The monoisotopic (exact) mass is 280 g/mol. The molecule has 21 heavy (non-hydrogen) atoms. The largest absolute Gasteiger partial charge is 0.271 e. The van der Waals surface area contributed by atoms with Crippen LogP contribution in [0.5, 0.6) is 0 Å². The van der Waals surface area contributed by atoms with Crippen molar-refractivity contribution in [3.63, 3.8) is 0 Å². The number of rotatable bonds is 5. The lowest BCUT2D eigenvalue weighted by Gasteiger charge is -2.24. The van der Waals surface area contributed by atoms with Gasteiger partial charge in [0.1, 0.15) is 0 Å². The Kier molecular flexibility index (Phi) is 4.37. The topological polar surface area (TPSA) is 38.0 Å². The van der Waals surface area contributed by atoms with Gasteiger partial charge in [-0.25, -0.2) is 0 Å². The van der Waals surface area contributed by atoms with E-state index in [1.807, 2.05) is 0 Å². The molecule has 2 unspecified atom stereocenters. The molecular formula is C19H24N2. The average Bonchev–Trinajstić information content (AvgIpc) is 2.94. The number of nitrogens with one attached hydrogen (secondary N) is 1. The number of hydrazine groups is 1. The maximum absolute atomic E-state index is 5.89. The first-order chi connectivity index (χ1) is 10.3. The van der Waals surface area contributed by atoms with Gasteiger partial charge < -0.3 is 0 Å². The van der Waals surface area contributed by atoms with Gasteiger partial charge in [-0.05, 0) is 41.5 Å². The predicted molar refractivity (Wildman–Crippen MR) is 88.0 cm³/mol. The van der Waals surface area contributed by atoms with E-state index in [4.69, 9.17) is 5.84 Å². The molecular weight excluding hydrogens is 256 g/mol. The summed E-state index contributed by atoms with van der Waals surface area (Å²) in [6.45, 7) is 2.22. The van der Waals surface area contributed by atoms with Crippen LogP contribution in [0.25, 0.3) is 0 Å². The zero-order chi connectivity index (χ0) is 14.7. The number of nitrogens with two attached hydrogens (primary N) is 1. The van der Waals surface area contributed by atoms with Gasteiger partial charge >= 0.3 is 0 Å². The van der Waals surface area contributed by atoms with Crippen LogP contribution in [-0.4, -0.2) is 0 Å². The normalized spacial score (nSPS) is 18.5. The van der Waals surface area contributed by atoms with E-state index < -0.39 is 0 Å². The summed E-state index contributed by atoms with van der Waals surface area (Å²) in [7, 11) is 0. The molecule has 1 aliphatic carbocycles. The van der Waals surface area contributed by atoms with E-state index in [-0.39, 0.29) is 6.04 Å². The Labute approximate surface area is 127 Å². The molecule has 0 saturated carbocycles. The smallest absolute Gasteiger partial charge is 0.0528 e. The highest BCUT2D eigenvalue weighted by molar-refractivity contribution is 5.38. The average molecular weight is 280 g/mol. The molecule has 2 aromatic rings. The Hall–Kier alpha value is -1.64. The molecule has 3 rings (SSSR count). The molecule has 110 valence electrons. The Bertz CT molecular complexity index is 589. The summed E-state index contributed by atoms with van der Waals surface area (Å²) in [4.78, 5) is 0. The summed E-state index contributed by atoms with van der Waals surface area (Å²) in [6, 6.07) is 17.9. The maximum atomic E-state index is 5.89. The second kappa shape index (κ2) is 6.42. The summed E-state index contributed by atoms with van der Waals surface area (Å²) in [5.41, 5.74) is 8.68. The van der Waals surface area contributed by atoms with E-state index in [1.54, 1.807) is 0 Å². The van der Waals surface area contributed by atoms with Crippen LogP contribution in [0.2, 0.25) is 0 Å². The van der Waals surface area contributed by atoms with Crippen molar-refractivity contribution in [2.24, 2.45) is 5.84 Å². The van der Waals surface area contributed by atoms with Crippen molar-refractivity contribution >= 4 is 0 Å². The van der Waals surface area contributed by atoms with E-state index >= 15 is 0 Å². The van der Waals surface area contributed by atoms with E-state index in [0.29, 0.717) is 5.92 Å². The Balaban J connectivity index is 1.85. The van der Waals surface area contributed by atoms with Crippen LogP contribution in [0.1, 0.15) is 54.0 Å². The molecule has 0 saturated heterocycles. The zero-order valence-electron chi connectivity index (χ0n) is 12.7. The zero-order valence-corrected chi connectivity index (χ0v) is 12.7. The lowest BCUT2D eigenvalue weighted by molar-refractivity contribution is 0.453. The molecule has 2 atom stereocenters. The van der Waals surface area contributed by atoms with Crippen molar-refractivity contribution in [3.8, 4) is 0 Å². The lowest BCUT2D eigenvalue weighted by atomic mass is 9.88. The molecule has 0 amide bonds. The van der Waals surface area contributed by atoms with E-state index in [1.165, 1.54) is 35.1 Å². The quantitative estimate of drug-likeness (QED) is 0.644. The summed E-state index contributed by atoms with van der Waals surface area (Å²) in [5.74, 6) is 6.36. The number of aryl methyl sites for hydroxylation is 2. The molecule has 0 aliphatic heterocycles. The number of hydrogen-bond acceptors (Lipinski definition) is 2. The minimum Gasteiger partial charge on any atom is -0.271 e. The lowest BCUT2D eigenvalue weighted by Crippen LogP contribution is -2.32. The van der Waals surface area contributed by atoms with Crippen LogP contribution in [-0.2, 0) is 12.8 Å². The maximum Gasteiger partial charge on any atom is 0.0528 e. The SMILES string of the molecule is CCCc1ccc(C(NN)C2CCc3ccccc32)cc1. The summed E-state index contributed by atoms with van der Waals surface area (Å²) in [6.07, 6.45) is 4.67. The van der Waals surface area contributed by atoms with Crippen molar-refractivity contribution in [2.45, 2.75) is 44.6 Å². The molecule has 1 aliphatic rings. The molecule has 2 heteroatoms. The van der Waals surface area contributed by atoms with Crippen molar-refractivity contribution in [1.82, 2.24) is 5.43 Å². The standard InChI is InChI=1S/C19H24N2/c1-2-5-14-8-10-16(11-9-14)19(21-20)18-13-12-15-6-3-4-7-17(15)18/h3-4,6-11,18-19,21H,2,5,12-13,20H2,1H3. The first kappa shape index (κ1) is 14.3. The highest BCUT2D eigenvalue weighted by Crippen LogP contribution is 2.41. The van der Waals surface area contributed by atoms with Crippen LogP contribution >= 0.6 is 0 Å². The summed E-state index contributed by atoms with van der Waals surface area (Å²) >= 11 is 0. The van der Waals surface area contributed by atoms with Crippen LogP contribution in [0, 0.1) is 0 Å². The van der Waals surface area contributed by atoms with E-state index in [9.17, 15) is 0 Å². The van der Waals surface area contributed by atoms with Gasteiger partial charge in [-0.2, -0.15) is 0 Å². The Morgan fingerprint density at radius 1 is 1.14 bits per heavy atom. The minimum absolute atomic E-state index is 0.198. The van der Waals surface area contributed by atoms with Crippen molar-refractivity contribution in [2.75, 3.05) is 0 Å². The van der Waals surface area contributed by atoms with Gasteiger partial charge in [-0.3, -0.25) is 11.3 Å². The number of hydrogen-bond donors (Lipinski definition) is 2. The highest BCUT2D eigenvalue weighted by atomic mass is 15.2. The second-order valence-corrected chi connectivity index (χ2v) is 5.98. The fourth-order valence-corrected chi connectivity index (χ4v) is 3.56. The fourth-order valence-electron chi connectivity index (χ4n) is 3.56. The number of fused-ring (bicyclic) bond motifs is 1. The van der Waals surface area contributed by atoms with Gasteiger partial charge in [0.25, 0.3) is 0 Å². The first-order valence-corrected chi connectivity index (χ1v) is 7.96. The molecule has 0 bridgehead atoms. The van der Waals surface area contributed by atoms with Gasteiger partial charge in [0.05, 0.1) is 6.04 Å². The molecule has 3 N–H and O–H groups in total. The third-order valence-electron chi connectivity index (χ3n) is 4.64. The Morgan fingerprint density at radius 2 is 1.90 bits per heavy atom. The second-order valence-electron chi connectivity index (χ2n) is 5.98. The van der Waals surface area contributed by atoms with Crippen molar-refractivity contribution in [1.29, 1.82) is 0 Å². The van der Waals surface area contributed by atoms with Crippen LogP contribution in [0.15, 0.2) is 48.5 Å². The van der Waals surface area contributed by atoms with Crippen LogP contribution in [0.3, 0.4) is 0 Å². The van der Waals surface area contributed by atoms with Crippen molar-refractivity contribution < 1.29 is 0 Å². The minimum atomic E-state index is 0.198. The molecule has 0 heterocycles. The third kappa shape index (κ3) is 2.87. The van der Waals surface area contributed by atoms with Gasteiger partial charge in [0, 0.05) is 5.92 Å². The molecule has 0 aromatic heterocycles. The van der Waals surface area contributed by atoms with Crippen LogP contribution in [0.4, 0.5) is 0 Å². The molecule has 0 fully saturated rings. The van der Waals surface area contributed by atoms with Crippen LogP contribution < -0.4 is 11.3 Å². The van der Waals surface area contributed by atoms with E-state index in [0.717, 1.165) is 12.8 Å². The van der Waals surface area contributed by atoms with Crippen molar-refractivity contribution in [3.05, 3.63) is 70.8 Å². The fraction of sp³-hybridized carbons (Fsp3) is 0.368. The van der Waals surface area contributed by atoms with Gasteiger partial charge in [0.2, 0.25) is 0 Å². The Morgan fingerprint density at radius 3 is 2.62 bits per heavy atom. The molecule has 2 aromatic carbocycles. The number of benzene rings is 2. The van der Waals surface area contributed by atoms with Gasteiger partial charge in [-0.15, -0.1) is 0 Å². The predicted octanol–water partition coefficient (Wildman–Crippen LogP) is 3.87. The molecule has 0 spiro atoms. The summed E-state index contributed by atoms with van der Waals surface area (Å²) in [5, 5.41) is 0. The first-order valence-electron chi connectivity index (χ1n) is 7.96. The third-order valence-corrected chi connectivity index (χ3v) is 4.64. The van der Waals surface area contributed by atoms with Gasteiger partial charge in [-0.1, -0.05) is 61.9 Å².